The minimum absolute atomic E-state index is 0. The molecule has 20 heavy (non-hydrogen) atoms. The number of hydrogen-bond donors (Lipinski definition) is 0. The summed E-state index contributed by atoms with van der Waals surface area (Å²) in [5.74, 6) is 5.97. The van der Waals surface area contributed by atoms with Crippen molar-refractivity contribution in [1.82, 2.24) is 0 Å². The minimum atomic E-state index is -1.47. The largest absolute Gasteiger partial charge is 1.00 e. The first-order valence-electron chi connectivity index (χ1n) is 6.87. The van der Waals surface area contributed by atoms with Crippen molar-refractivity contribution in [3.8, 4) is 0 Å². The molecule has 110 valence electrons. The van der Waals surface area contributed by atoms with Gasteiger partial charge < -0.3 is 24.8 Å². The van der Waals surface area contributed by atoms with E-state index in [4.69, 9.17) is 0 Å². The number of rotatable bonds is 2. The van der Waals surface area contributed by atoms with Gasteiger partial charge in [0.05, 0.1) is 0 Å². The molecule has 0 amide bonds. The van der Waals surface area contributed by atoms with Crippen LogP contribution in [0.2, 0.25) is 11.5 Å². The second-order valence-electron chi connectivity index (χ2n) is 5.87. The van der Waals surface area contributed by atoms with Crippen LogP contribution in [0.4, 0.5) is 0 Å². The SMILES string of the molecule is CC1=CC[C]([Zr+2]([C]2=C(C)C(C)=CC2C)=[Ge]([CH3])[CH3])=C1.[Cl-].[Cl-]. The molecule has 0 aromatic rings. The van der Waals surface area contributed by atoms with Crippen LogP contribution in [0.1, 0.15) is 34.1 Å². The van der Waals surface area contributed by atoms with Crippen LogP contribution in [0.15, 0.2) is 41.5 Å². The molecule has 0 saturated heterocycles. The molecule has 4 heteroatoms. The summed E-state index contributed by atoms with van der Waals surface area (Å²) in [5, 5.41) is 0. The zero-order valence-corrected chi connectivity index (χ0v) is 19.3. The van der Waals surface area contributed by atoms with Crippen molar-refractivity contribution < 1.29 is 43.4 Å². The van der Waals surface area contributed by atoms with Crippen LogP contribution < -0.4 is 24.8 Å². The number of halogens is 2. The second-order valence-corrected chi connectivity index (χ2v) is 33.8. The van der Waals surface area contributed by atoms with Crippen LogP contribution in [0, 0.1) is 5.92 Å². The normalized spacial score (nSPS) is 20.2. The first-order valence-corrected chi connectivity index (χ1v) is 21.0. The van der Waals surface area contributed by atoms with Crippen molar-refractivity contribution in [2.75, 3.05) is 0 Å². The summed E-state index contributed by atoms with van der Waals surface area (Å²) in [6, 6.07) is 0. The van der Waals surface area contributed by atoms with E-state index in [1.165, 1.54) is 12.0 Å². The molecule has 0 aromatic carbocycles. The maximum Gasteiger partial charge on any atom is -1.00 e. The molecule has 0 fully saturated rings. The molecule has 0 spiro atoms. The van der Waals surface area contributed by atoms with Crippen molar-refractivity contribution in [3.05, 3.63) is 41.5 Å². The number of hydrogen-bond acceptors (Lipinski definition) is 0. The average Bonchev–Trinajstić information content (AvgIpc) is 2.78. The van der Waals surface area contributed by atoms with Crippen molar-refractivity contribution in [1.29, 1.82) is 0 Å². The minimum Gasteiger partial charge on any atom is -1.00 e. The Balaban J connectivity index is 0.00000180. The summed E-state index contributed by atoms with van der Waals surface area (Å²) < 4.78 is 3.82. The molecule has 0 aliphatic heterocycles. The molecule has 0 aromatic heterocycles. The summed E-state index contributed by atoms with van der Waals surface area (Å²) in [7, 11) is -0.799. The van der Waals surface area contributed by atoms with E-state index in [0.717, 1.165) is 5.92 Å². The van der Waals surface area contributed by atoms with Crippen LogP contribution in [-0.2, 0) is 18.6 Å². The maximum atomic E-state index is 2.62. The Kier molecular flexibility index (Phi) is 8.97. The molecule has 2 aliphatic carbocycles. The quantitative estimate of drug-likeness (QED) is 0.472. The van der Waals surface area contributed by atoms with E-state index < -0.39 is 28.6 Å². The van der Waals surface area contributed by atoms with Gasteiger partial charge in [0.2, 0.25) is 0 Å². The molecule has 0 heterocycles. The van der Waals surface area contributed by atoms with Crippen molar-refractivity contribution in [2.24, 2.45) is 5.92 Å². The standard InChI is InChI=1S/C8H11.C6H7.C2H6Ge.2ClH.Zr/c1-6-4-7(2)8(3)5-6;1-6-4-2-3-5-6;1-3-2;;;/h4,6H,1-3H3;4-5H,2H2,1H3;1-2H3;2*1H;/q;;;;;+2/p-2. The monoisotopic (exact) mass is 450 g/mol. The van der Waals surface area contributed by atoms with Gasteiger partial charge >= 0.3 is 122 Å². The van der Waals surface area contributed by atoms with Crippen molar-refractivity contribution in [2.45, 2.75) is 45.6 Å². The molecular formula is C16H24Cl2GeZr. The molecule has 0 saturated carbocycles. The van der Waals surface area contributed by atoms with Crippen molar-refractivity contribution in [3.63, 3.8) is 0 Å². The topological polar surface area (TPSA) is 0 Å². The third-order valence-electron chi connectivity index (χ3n) is 4.09. The second kappa shape index (κ2) is 8.56. The van der Waals surface area contributed by atoms with Gasteiger partial charge in [0.25, 0.3) is 0 Å². The Bertz CT molecular complexity index is 547. The number of allylic oxidation sites excluding steroid dienone is 8. The van der Waals surface area contributed by atoms with Crippen LogP contribution in [0.25, 0.3) is 0 Å². The van der Waals surface area contributed by atoms with Gasteiger partial charge in [0.15, 0.2) is 0 Å². The Labute approximate surface area is 145 Å². The molecular weight excluding hydrogens is 427 g/mol. The first kappa shape index (κ1) is 21.0. The Morgan fingerprint density at radius 3 is 2.10 bits per heavy atom. The fraction of sp³-hybridized carbons (Fsp3) is 0.500. The van der Waals surface area contributed by atoms with Crippen LogP contribution >= 0.6 is 0 Å². The predicted molar refractivity (Wildman–Crippen MR) is 79.6 cm³/mol. The fourth-order valence-electron chi connectivity index (χ4n) is 3.15. The van der Waals surface area contributed by atoms with E-state index in [1.54, 1.807) is 11.1 Å². The zero-order valence-electron chi connectivity index (χ0n) is 13.3. The summed E-state index contributed by atoms with van der Waals surface area (Å²) >= 11 is -1.47. The third-order valence-corrected chi connectivity index (χ3v) is 32.1. The van der Waals surface area contributed by atoms with E-state index in [0.29, 0.717) is 0 Å². The van der Waals surface area contributed by atoms with Gasteiger partial charge in [0, 0.05) is 0 Å². The zero-order chi connectivity index (χ0) is 13.4. The Morgan fingerprint density at radius 1 is 1.15 bits per heavy atom. The molecule has 2 aliphatic rings. The third kappa shape index (κ3) is 4.25. The van der Waals surface area contributed by atoms with Crippen LogP contribution in [0.3, 0.4) is 0 Å². The van der Waals surface area contributed by atoms with Gasteiger partial charge in [-0.1, -0.05) is 0 Å². The first-order chi connectivity index (χ1) is 8.41. The van der Waals surface area contributed by atoms with Crippen LogP contribution in [0.5, 0.6) is 0 Å². The molecule has 0 radical (unpaired) electrons. The molecule has 1 atom stereocenters. The molecule has 1 unspecified atom stereocenters. The van der Waals surface area contributed by atoms with Gasteiger partial charge in [-0.05, 0) is 0 Å². The van der Waals surface area contributed by atoms with Gasteiger partial charge in [-0.2, -0.15) is 0 Å². The van der Waals surface area contributed by atoms with Gasteiger partial charge in [-0.25, -0.2) is 0 Å². The van der Waals surface area contributed by atoms with E-state index in [-0.39, 0.29) is 24.8 Å². The summed E-state index contributed by atoms with van der Waals surface area (Å²) in [4.78, 5) is 0. The average molecular weight is 451 g/mol. The molecule has 0 bridgehead atoms. The van der Waals surface area contributed by atoms with E-state index in [1.807, 2.05) is 6.56 Å². The molecule has 2 rings (SSSR count). The van der Waals surface area contributed by atoms with E-state index >= 15 is 0 Å². The van der Waals surface area contributed by atoms with Crippen molar-refractivity contribution >= 4 is 9.98 Å². The molecule has 0 nitrogen and oxygen atoms in total. The van der Waals surface area contributed by atoms with Gasteiger partial charge in [-0.3, -0.25) is 0 Å². The Hall–Kier alpha value is 0.966. The fourth-order valence-corrected chi connectivity index (χ4v) is 33.3. The summed E-state index contributed by atoms with van der Waals surface area (Å²) in [6.07, 6.45) is 8.76. The predicted octanol–water partition coefficient (Wildman–Crippen LogP) is -1.03. The Morgan fingerprint density at radius 2 is 1.75 bits per heavy atom. The van der Waals surface area contributed by atoms with Gasteiger partial charge in [0.1, 0.15) is 0 Å². The smallest absolute Gasteiger partial charge is 1.00 e. The summed E-state index contributed by atoms with van der Waals surface area (Å²) in [6.45, 7) is 9.37. The summed E-state index contributed by atoms with van der Waals surface area (Å²) in [5.41, 5.74) is 4.73. The maximum absolute atomic E-state index is 2.62. The van der Waals surface area contributed by atoms with Crippen LogP contribution in [-0.4, -0.2) is 9.98 Å². The van der Waals surface area contributed by atoms with Gasteiger partial charge in [-0.15, -0.1) is 0 Å². The molecule has 0 N–H and O–H groups in total. The van der Waals surface area contributed by atoms with E-state index in [2.05, 4.69) is 57.4 Å². The van der Waals surface area contributed by atoms with E-state index in [9.17, 15) is 0 Å².